The van der Waals surface area contributed by atoms with Crippen molar-refractivity contribution in [2.24, 2.45) is 0 Å². The number of nitrogens with zero attached hydrogens (tertiary/aromatic N) is 1. The number of carbonyl (C=O) groups is 1. The summed E-state index contributed by atoms with van der Waals surface area (Å²) in [5.41, 5.74) is 2.68. The third-order valence-corrected chi connectivity index (χ3v) is 3.63. The van der Waals surface area contributed by atoms with Crippen LogP contribution in [-0.2, 0) is 4.79 Å². The fraction of sp³-hybridized carbons (Fsp3) is 0.158. The molecule has 2 aromatic carbocycles. The molecule has 3 nitrogen and oxygen atoms in total. The predicted octanol–water partition coefficient (Wildman–Crippen LogP) is 5.01. The molecule has 1 N–H and O–H groups in total. The minimum absolute atomic E-state index is 0.0530. The molecular weight excluding hydrogens is 308 g/mol. The lowest BCUT2D eigenvalue weighted by Gasteiger charge is -2.06. The normalized spacial score (nSPS) is 11.2. The van der Waals surface area contributed by atoms with Crippen LogP contribution < -0.4 is 5.32 Å². The van der Waals surface area contributed by atoms with Gasteiger partial charge in [0.15, 0.2) is 0 Å². The molecule has 1 amide bonds. The Bertz CT molecular complexity index is 753. The highest BCUT2D eigenvalue weighted by Crippen LogP contribution is 2.17. The maximum absolute atomic E-state index is 12.2. The Kier molecular flexibility index (Phi) is 5.56. The standard InChI is InChI=1S/C19H17ClN2O/c1-13(2)15-5-3-14(4-6-15)11-16(12-21)19(23)22-18-9-7-17(20)8-10-18/h3-11,13H,1-2H3,(H,22,23)/b16-11+. The second kappa shape index (κ2) is 7.62. The van der Waals surface area contributed by atoms with Crippen molar-refractivity contribution in [2.45, 2.75) is 19.8 Å². The Morgan fingerprint density at radius 1 is 1.13 bits per heavy atom. The molecule has 0 atom stereocenters. The Morgan fingerprint density at radius 3 is 2.26 bits per heavy atom. The summed E-state index contributed by atoms with van der Waals surface area (Å²) in [4.78, 5) is 12.2. The topological polar surface area (TPSA) is 52.9 Å². The van der Waals surface area contributed by atoms with E-state index >= 15 is 0 Å². The number of hydrogen-bond acceptors (Lipinski definition) is 2. The summed E-state index contributed by atoms with van der Waals surface area (Å²) >= 11 is 5.80. The van der Waals surface area contributed by atoms with E-state index in [1.807, 2.05) is 30.3 Å². The number of amides is 1. The number of carbonyl (C=O) groups excluding carboxylic acids is 1. The molecule has 0 aliphatic heterocycles. The Morgan fingerprint density at radius 2 is 1.74 bits per heavy atom. The van der Waals surface area contributed by atoms with Crippen molar-refractivity contribution in [2.75, 3.05) is 5.32 Å². The summed E-state index contributed by atoms with van der Waals surface area (Å²) in [6.45, 7) is 4.23. The van der Waals surface area contributed by atoms with E-state index in [0.29, 0.717) is 16.6 Å². The van der Waals surface area contributed by atoms with Crippen molar-refractivity contribution in [1.29, 1.82) is 5.26 Å². The molecule has 0 aliphatic rings. The molecule has 2 aromatic rings. The van der Waals surface area contributed by atoms with Gasteiger partial charge in [0.2, 0.25) is 0 Å². The number of nitrogens with one attached hydrogen (secondary N) is 1. The van der Waals surface area contributed by atoms with E-state index in [2.05, 4.69) is 19.2 Å². The second-order valence-electron chi connectivity index (χ2n) is 5.45. The van der Waals surface area contributed by atoms with Crippen LogP contribution >= 0.6 is 11.6 Å². The van der Waals surface area contributed by atoms with E-state index in [1.54, 1.807) is 30.3 Å². The van der Waals surface area contributed by atoms with Crippen LogP contribution in [0.3, 0.4) is 0 Å². The molecule has 0 radical (unpaired) electrons. The summed E-state index contributed by atoms with van der Waals surface area (Å²) in [6.07, 6.45) is 1.58. The highest BCUT2D eigenvalue weighted by molar-refractivity contribution is 6.30. The lowest BCUT2D eigenvalue weighted by Crippen LogP contribution is -2.13. The fourth-order valence-corrected chi connectivity index (χ4v) is 2.15. The first-order chi connectivity index (χ1) is 11.0. The van der Waals surface area contributed by atoms with Gasteiger partial charge in [-0.15, -0.1) is 0 Å². The van der Waals surface area contributed by atoms with Crippen molar-refractivity contribution in [1.82, 2.24) is 0 Å². The number of rotatable bonds is 4. The smallest absolute Gasteiger partial charge is 0.266 e. The fourth-order valence-electron chi connectivity index (χ4n) is 2.02. The predicted molar refractivity (Wildman–Crippen MR) is 94.2 cm³/mol. The molecule has 0 saturated heterocycles. The molecule has 0 bridgehead atoms. The molecule has 0 heterocycles. The molecule has 0 aliphatic carbocycles. The first-order valence-electron chi connectivity index (χ1n) is 7.28. The van der Waals surface area contributed by atoms with Gasteiger partial charge in [-0.2, -0.15) is 5.26 Å². The third-order valence-electron chi connectivity index (χ3n) is 3.38. The van der Waals surface area contributed by atoms with Crippen LogP contribution in [0.4, 0.5) is 5.69 Å². The summed E-state index contributed by atoms with van der Waals surface area (Å²) in [6, 6.07) is 16.5. The van der Waals surface area contributed by atoms with Crippen molar-refractivity contribution in [3.05, 3.63) is 70.3 Å². The van der Waals surface area contributed by atoms with Gasteiger partial charge in [-0.05, 0) is 47.4 Å². The molecular formula is C19H17ClN2O. The van der Waals surface area contributed by atoms with Crippen molar-refractivity contribution in [3.8, 4) is 6.07 Å². The maximum Gasteiger partial charge on any atom is 0.266 e. The van der Waals surface area contributed by atoms with Gasteiger partial charge in [0, 0.05) is 10.7 Å². The molecule has 0 saturated carbocycles. The third kappa shape index (κ3) is 4.70. The quantitative estimate of drug-likeness (QED) is 0.635. The number of hydrogen-bond donors (Lipinski definition) is 1. The minimum Gasteiger partial charge on any atom is -0.321 e. The average molecular weight is 325 g/mol. The summed E-state index contributed by atoms with van der Waals surface area (Å²) in [7, 11) is 0. The number of nitriles is 1. The Labute approximate surface area is 141 Å². The average Bonchev–Trinajstić information content (AvgIpc) is 2.55. The van der Waals surface area contributed by atoms with Gasteiger partial charge in [-0.1, -0.05) is 49.7 Å². The zero-order chi connectivity index (χ0) is 16.8. The van der Waals surface area contributed by atoms with E-state index in [4.69, 9.17) is 11.6 Å². The van der Waals surface area contributed by atoms with Crippen LogP contribution in [0.25, 0.3) is 6.08 Å². The van der Waals surface area contributed by atoms with E-state index in [1.165, 1.54) is 5.56 Å². The van der Waals surface area contributed by atoms with Gasteiger partial charge in [0.25, 0.3) is 5.91 Å². The van der Waals surface area contributed by atoms with Crippen LogP contribution in [-0.4, -0.2) is 5.91 Å². The first kappa shape index (κ1) is 16.8. The molecule has 0 fully saturated rings. The Balaban J connectivity index is 2.16. The second-order valence-corrected chi connectivity index (χ2v) is 5.89. The number of halogens is 1. The summed E-state index contributed by atoms with van der Waals surface area (Å²) in [5.74, 6) is -0.000529. The zero-order valence-electron chi connectivity index (χ0n) is 13.0. The van der Waals surface area contributed by atoms with Crippen molar-refractivity contribution in [3.63, 3.8) is 0 Å². The maximum atomic E-state index is 12.2. The van der Waals surface area contributed by atoms with Crippen LogP contribution in [0, 0.1) is 11.3 Å². The van der Waals surface area contributed by atoms with Crippen LogP contribution in [0.2, 0.25) is 5.02 Å². The zero-order valence-corrected chi connectivity index (χ0v) is 13.8. The monoisotopic (exact) mass is 324 g/mol. The Hall–Kier alpha value is -2.57. The molecule has 0 unspecified atom stereocenters. The van der Waals surface area contributed by atoms with Crippen molar-refractivity contribution >= 4 is 29.3 Å². The SMILES string of the molecule is CC(C)c1ccc(/C=C(\C#N)C(=O)Nc2ccc(Cl)cc2)cc1. The van der Waals surface area contributed by atoms with Gasteiger partial charge < -0.3 is 5.32 Å². The molecule has 0 spiro atoms. The molecule has 0 aromatic heterocycles. The highest BCUT2D eigenvalue weighted by atomic mass is 35.5. The van der Waals surface area contributed by atoms with Crippen LogP contribution in [0.15, 0.2) is 54.1 Å². The summed E-state index contributed by atoms with van der Waals surface area (Å²) in [5, 5.41) is 12.5. The van der Waals surface area contributed by atoms with E-state index in [0.717, 1.165) is 5.56 Å². The van der Waals surface area contributed by atoms with Gasteiger partial charge in [0.05, 0.1) is 0 Å². The van der Waals surface area contributed by atoms with Crippen LogP contribution in [0.1, 0.15) is 30.9 Å². The molecule has 23 heavy (non-hydrogen) atoms. The molecule has 116 valence electrons. The van der Waals surface area contributed by atoms with Gasteiger partial charge in [-0.3, -0.25) is 4.79 Å². The van der Waals surface area contributed by atoms with Gasteiger partial charge >= 0.3 is 0 Å². The van der Waals surface area contributed by atoms with Gasteiger partial charge in [0.1, 0.15) is 11.6 Å². The van der Waals surface area contributed by atoms with Crippen LogP contribution in [0.5, 0.6) is 0 Å². The lowest BCUT2D eigenvalue weighted by molar-refractivity contribution is -0.112. The lowest BCUT2D eigenvalue weighted by atomic mass is 10.0. The number of benzene rings is 2. The largest absolute Gasteiger partial charge is 0.321 e. The van der Waals surface area contributed by atoms with E-state index in [-0.39, 0.29) is 5.57 Å². The molecule has 4 heteroatoms. The van der Waals surface area contributed by atoms with Crippen molar-refractivity contribution < 1.29 is 4.79 Å². The minimum atomic E-state index is -0.442. The molecule has 2 rings (SSSR count). The first-order valence-corrected chi connectivity index (χ1v) is 7.66. The van der Waals surface area contributed by atoms with Gasteiger partial charge in [-0.25, -0.2) is 0 Å². The van der Waals surface area contributed by atoms with E-state index < -0.39 is 5.91 Å². The van der Waals surface area contributed by atoms with E-state index in [9.17, 15) is 10.1 Å². The summed E-state index contributed by atoms with van der Waals surface area (Å²) < 4.78 is 0. The highest BCUT2D eigenvalue weighted by Gasteiger charge is 2.09. The number of anilines is 1.